The largest absolute Gasteiger partial charge is 0.365 e. The van der Waals surface area contributed by atoms with Gasteiger partial charge in [0.2, 0.25) is 0 Å². The van der Waals surface area contributed by atoms with Crippen molar-refractivity contribution in [1.82, 2.24) is 20.4 Å². The first-order chi connectivity index (χ1) is 11.2. The minimum atomic E-state index is 0.307. The molecule has 3 rings (SSSR count). The van der Waals surface area contributed by atoms with E-state index in [4.69, 9.17) is 0 Å². The average Bonchev–Trinajstić information content (AvgIpc) is 3.05. The van der Waals surface area contributed by atoms with Gasteiger partial charge in [0.1, 0.15) is 11.6 Å². The fraction of sp³-hybridized carbons (Fsp3) is 0.438. The first kappa shape index (κ1) is 15.2. The molecular weight excluding hydrogens is 290 g/mol. The topological polar surface area (TPSA) is 90.6 Å². The first-order valence-corrected chi connectivity index (χ1v) is 7.73. The lowest BCUT2D eigenvalue weighted by Crippen LogP contribution is -2.36. The smallest absolute Gasteiger partial charge is 0.167 e. The van der Waals surface area contributed by atoms with Gasteiger partial charge in [-0.15, -0.1) is 10.2 Å². The Bertz CT molecular complexity index is 723. The van der Waals surface area contributed by atoms with E-state index < -0.39 is 0 Å². The molecule has 1 N–H and O–H groups in total. The van der Waals surface area contributed by atoms with Crippen molar-refractivity contribution in [2.45, 2.75) is 32.7 Å². The van der Waals surface area contributed by atoms with Crippen LogP contribution in [0.2, 0.25) is 0 Å². The molecule has 7 nitrogen and oxygen atoms in total. The Morgan fingerprint density at radius 3 is 2.96 bits per heavy atom. The summed E-state index contributed by atoms with van der Waals surface area (Å²) in [6.07, 6.45) is 3.87. The van der Waals surface area contributed by atoms with Crippen LogP contribution in [0.5, 0.6) is 0 Å². The van der Waals surface area contributed by atoms with Gasteiger partial charge in [-0.05, 0) is 44.4 Å². The van der Waals surface area contributed by atoms with E-state index in [1.165, 1.54) is 0 Å². The molecule has 7 heteroatoms. The highest BCUT2D eigenvalue weighted by Gasteiger charge is 2.26. The molecule has 0 saturated carbocycles. The van der Waals surface area contributed by atoms with Gasteiger partial charge in [-0.1, -0.05) is 0 Å². The summed E-state index contributed by atoms with van der Waals surface area (Å²) in [7, 11) is 0. The van der Waals surface area contributed by atoms with E-state index in [1.807, 2.05) is 26.0 Å². The molecule has 0 unspecified atom stereocenters. The summed E-state index contributed by atoms with van der Waals surface area (Å²) >= 11 is 0. The molecule has 2 aromatic heterocycles. The summed E-state index contributed by atoms with van der Waals surface area (Å²) in [5, 5.41) is 29.0. The van der Waals surface area contributed by atoms with Gasteiger partial charge < -0.3 is 10.2 Å². The molecular formula is C16H19N7. The Morgan fingerprint density at radius 2 is 2.22 bits per heavy atom. The lowest BCUT2D eigenvalue weighted by Gasteiger charge is -2.25. The number of nitriles is 1. The lowest BCUT2D eigenvalue weighted by atomic mass is 10.1. The maximum atomic E-state index is 9.36. The quantitative estimate of drug-likeness (QED) is 0.921. The van der Waals surface area contributed by atoms with Gasteiger partial charge in [0, 0.05) is 25.3 Å². The number of nitrogens with one attached hydrogen (secondary N) is 1. The number of hydrogen-bond acceptors (Lipinski definition) is 7. The van der Waals surface area contributed by atoms with Crippen LogP contribution in [0, 0.1) is 25.2 Å². The third-order valence-corrected chi connectivity index (χ3v) is 4.30. The van der Waals surface area contributed by atoms with Crippen molar-refractivity contribution in [2.24, 2.45) is 0 Å². The molecule has 118 valence electrons. The molecule has 1 atom stereocenters. The van der Waals surface area contributed by atoms with Crippen molar-refractivity contribution in [3.63, 3.8) is 0 Å². The third kappa shape index (κ3) is 3.06. The number of hydrogen-bond donors (Lipinski definition) is 1. The molecule has 3 heterocycles. The Morgan fingerprint density at radius 1 is 1.35 bits per heavy atom. The van der Waals surface area contributed by atoms with Crippen molar-refractivity contribution in [2.75, 3.05) is 23.3 Å². The van der Waals surface area contributed by atoms with E-state index in [9.17, 15) is 5.26 Å². The van der Waals surface area contributed by atoms with Crippen molar-refractivity contribution < 1.29 is 0 Å². The maximum Gasteiger partial charge on any atom is 0.167 e. The summed E-state index contributed by atoms with van der Waals surface area (Å²) < 4.78 is 0. The van der Waals surface area contributed by atoms with Crippen LogP contribution in [0.15, 0.2) is 18.3 Å². The number of aryl methyl sites for hydroxylation is 1. The molecule has 1 aliphatic rings. The maximum absolute atomic E-state index is 9.36. The summed E-state index contributed by atoms with van der Waals surface area (Å²) in [5.74, 6) is 1.45. The lowest BCUT2D eigenvalue weighted by molar-refractivity contribution is 0.683. The number of nitrogens with zero attached hydrogens (tertiary/aromatic N) is 6. The van der Waals surface area contributed by atoms with Gasteiger partial charge in [-0.25, -0.2) is 0 Å². The summed E-state index contributed by atoms with van der Waals surface area (Å²) in [6, 6.07) is 6.40. The second-order valence-corrected chi connectivity index (χ2v) is 5.70. The second-order valence-electron chi connectivity index (χ2n) is 5.70. The van der Waals surface area contributed by atoms with Crippen LogP contribution in [0.1, 0.15) is 29.7 Å². The van der Waals surface area contributed by atoms with Crippen LogP contribution in [0.4, 0.5) is 11.6 Å². The fourth-order valence-electron chi connectivity index (χ4n) is 2.88. The van der Waals surface area contributed by atoms with Crippen LogP contribution in [-0.2, 0) is 0 Å². The van der Waals surface area contributed by atoms with Gasteiger partial charge >= 0.3 is 0 Å². The normalized spacial score (nSPS) is 17.1. The summed E-state index contributed by atoms with van der Waals surface area (Å²) in [6.45, 7) is 5.42. The minimum Gasteiger partial charge on any atom is -0.365 e. The molecule has 23 heavy (non-hydrogen) atoms. The zero-order chi connectivity index (χ0) is 16.2. The van der Waals surface area contributed by atoms with E-state index in [0.29, 0.717) is 24.0 Å². The highest BCUT2D eigenvalue weighted by molar-refractivity contribution is 5.56. The molecule has 0 bridgehead atoms. The Hall–Kier alpha value is -2.75. The van der Waals surface area contributed by atoms with Gasteiger partial charge in [0.25, 0.3) is 0 Å². The Balaban J connectivity index is 1.74. The Labute approximate surface area is 135 Å². The van der Waals surface area contributed by atoms with Gasteiger partial charge in [-0.2, -0.15) is 15.5 Å². The van der Waals surface area contributed by atoms with Gasteiger partial charge in [-0.3, -0.25) is 0 Å². The van der Waals surface area contributed by atoms with Crippen molar-refractivity contribution in [3.8, 4) is 6.07 Å². The van der Waals surface area contributed by atoms with Crippen LogP contribution in [0.3, 0.4) is 0 Å². The van der Waals surface area contributed by atoms with Gasteiger partial charge in [0.05, 0.1) is 5.69 Å². The van der Waals surface area contributed by atoms with E-state index in [1.54, 1.807) is 6.20 Å². The molecule has 0 spiro atoms. The number of rotatable bonds is 4. The number of anilines is 2. The standard InChI is InChI=1S/C16H19N7/c1-11-12(2)20-22-16(14(11)9-17)18-10-13-5-4-8-23(13)15-6-3-7-19-21-15/h3,6-7,13H,4-5,8,10H2,1-2H3,(H,18,22)/t13-/m1/s1. The summed E-state index contributed by atoms with van der Waals surface area (Å²) in [5.41, 5.74) is 2.23. The van der Waals surface area contributed by atoms with Crippen molar-refractivity contribution >= 4 is 11.6 Å². The van der Waals surface area contributed by atoms with E-state index in [0.717, 1.165) is 36.5 Å². The highest BCUT2D eigenvalue weighted by Crippen LogP contribution is 2.24. The van der Waals surface area contributed by atoms with Crippen molar-refractivity contribution in [3.05, 3.63) is 35.2 Å². The molecule has 0 aromatic carbocycles. The van der Waals surface area contributed by atoms with Crippen LogP contribution in [-0.4, -0.2) is 39.5 Å². The zero-order valence-corrected chi connectivity index (χ0v) is 13.3. The molecule has 1 aliphatic heterocycles. The van der Waals surface area contributed by atoms with E-state index in [2.05, 4.69) is 36.7 Å². The number of aromatic nitrogens is 4. The molecule has 0 aliphatic carbocycles. The predicted molar refractivity (Wildman–Crippen MR) is 87.1 cm³/mol. The van der Waals surface area contributed by atoms with Crippen LogP contribution in [0.25, 0.3) is 0 Å². The highest BCUT2D eigenvalue weighted by atomic mass is 15.3. The second kappa shape index (κ2) is 6.57. The van der Waals surface area contributed by atoms with E-state index in [-0.39, 0.29) is 0 Å². The van der Waals surface area contributed by atoms with Gasteiger partial charge in [0.15, 0.2) is 11.6 Å². The monoisotopic (exact) mass is 309 g/mol. The molecule has 1 saturated heterocycles. The molecule has 0 amide bonds. The molecule has 1 fully saturated rings. The minimum absolute atomic E-state index is 0.307. The van der Waals surface area contributed by atoms with Crippen LogP contribution < -0.4 is 10.2 Å². The molecule has 2 aromatic rings. The molecule has 0 radical (unpaired) electrons. The Kier molecular flexibility index (Phi) is 4.33. The third-order valence-electron chi connectivity index (χ3n) is 4.30. The van der Waals surface area contributed by atoms with Crippen molar-refractivity contribution in [1.29, 1.82) is 5.26 Å². The fourth-order valence-corrected chi connectivity index (χ4v) is 2.88. The predicted octanol–water partition coefficient (Wildman–Crippen LogP) is 1.84. The zero-order valence-electron chi connectivity index (χ0n) is 13.3. The van der Waals surface area contributed by atoms with Crippen LogP contribution >= 0.6 is 0 Å². The first-order valence-electron chi connectivity index (χ1n) is 7.73. The average molecular weight is 309 g/mol. The van der Waals surface area contributed by atoms with E-state index >= 15 is 0 Å². The summed E-state index contributed by atoms with van der Waals surface area (Å²) in [4.78, 5) is 2.25. The SMILES string of the molecule is Cc1nnc(NC[C@H]2CCCN2c2cccnn2)c(C#N)c1C.